The Morgan fingerprint density at radius 2 is 2.00 bits per heavy atom. The lowest BCUT2D eigenvalue weighted by Crippen LogP contribution is -2.14. The van der Waals surface area contributed by atoms with Crippen molar-refractivity contribution in [1.29, 1.82) is 0 Å². The minimum atomic E-state index is -0.0774. The van der Waals surface area contributed by atoms with Gasteiger partial charge in [0.05, 0.1) is 16.3 Å². The minimum absolute atomic E-state index is 0.0774. The number of anilines is 1. The molecule has 0 unspecified atom stereocenters. The van der Waals surface area contributed by atoms with E-state index in [0.29, 0.717) is 15.8 Å². The molecule has 0 spiro atoms. The average molecular weight is 347 g/mol. The van der Waals surface area contributed by atoms with Crippen LogP contribution in [0, 0.1) is 13.8 Å². The monoisotopic (exact) mass is 346 g/mol. The number of nitrogens with zero attached hydrogens (tertiary/aromatic N) is 2. The first kappa shape index (κ1) is 15.8. The van der Waals surface area contributed by atoms with Gasteiger partial charge in [-0.2, -0.15) is 0 Å². The predicted molar refractivity (Wildman–Crippen MR) is 94.2 cm³/mol. The number of hydrogen-bond acceptors (Lipinski definition) is 4. The summed E-state index contributed by atoms with van der Waals surface area (Å²) >= 11 is 7.22. The molecule has 1 amide bonds. The molecule has 5 nitrogen and oxygen atoms in total. The van der Waals surface area contributed by atoms with Crippen LogP contribution in [-0.2, 0) is 4.79 Å². The lowest BCUT2D eigenvalue weighted by Gasteiger charge is -2.06. The van der Waals surface area contributed by atoms with Crippen LogP contribution in [0.5, 0.6) is 0 Å². The number of rotatable bonds is 4. The van der Waals surface area contributed by atoms with Crippen molar-refractivity contribution in [2.45, 2.75) is 19.0 Å². The molecular weight excluding hydrogens is 332 g/mol. The van der Waals surface area contributed by atoms with Crippen molar-refractivity contribution < 1.29 is 4.79 Å². The van der Waals surface area contributed by atoms with E-state index in [-0.39, 0.29) is 11.7 Å². The molecule has 0 saturated heterocycles. The van der Waals surface area contributed by atoms with E-state index in [1.807, 2.05) is 26.0 Å². The Hall–Kier alpha value is -2.05. The Morgan fingerprint density at radius 3 is 2.74 bits per heavy atom. The van der Waals surface area contributed by atoms with Gasteiger partial charge >= 0.3 is 0 Å². The second kappa shape index (κ2) is 6.60. The van der Waals surface area contributed by atoms with Crippen molar-refractivity contribution in [2.24, 2.45) is 0 Å². The Bertz CT molecular complexity index is 857. The first-order chi connectivity index (χ1) is 11.0. The third kappa shape index (κ3) is 4.03. The lowest BCUT2D eigenvalue weighted by atomic mass is 10.1. The number of H-pyrrole nitrogens is 1. The summed E-state index contributed by atoms with van der Waals surface area (Å²) in [5, 5.41) is 4.09. The van der Waals surface area contributed by atoms with E-state index in [9.17, 15) is 4.79 Å². The van der Waals surface area contributed by atoms with Crippen LogP contribution in [0.1, 0.15) is 11.1 Å². The van der Waals surface area contributed by atoms with Gasteiger partial charge in [0.1, 0.15) is 0 Å². The molecule has 1 aromatic carbocycles. The van der Waals surface area contributed by atoms with Crippen LogP contribution in [0.15, 0.2) is 35.6 Å². The predicted octanol–water partition coefficient (Wildman–Crippen LogP) is 3.96. The maximum absolute atomic E-state index is 12.1. The van der Waals surface area contributed by atoms with Gasteiger partial charge in [0.25, 0.3) is 0 Å². The first-order valence-electron chi connectivity index (χ1n) is 7.02. The third-order valence-corrected chi connectivity index (χ3v) is 4.21. The lowest BCUT2D eigenvalue weighted by molar-refractivity contribution is -0.113. The van der Waals surface area contributed by atoms with Crippen molar-refractivity contribution in [3.8, 4) is 0 Å². The number of thioether (sulfide) groups is 1. The quantitative estimate of drug-likeness (QED) is 0.701. The van der Waals surface area contributed by atoms with E-state index in [4.69, 9.17) is 11.6 Å². The van der Waals surface area contributed by atoms with Gasteiger partial charge in [0, 0.05) is 11.9 Å². The molecule has 3 rings (SSSR count). The highest BCUT2D eigenvalue weighted by Gasteiger charge is 2.09. The summed E-state index contributed by atoms with van der Waals surface area (Å²) in [6.45, 7) is 4.01. The largest absolute Gasteiger partial charge is 0.331 e. The molecule has 2 heterocycles. The van der Waals surface area contributed by atoms with Crippen molar-refractivity contribution in [2.75, 3.05) is 11.1 Å². The highest BCUT2D eigenvalue weighted by molar-refractivity contribution is 7.99. The molecule has 3 aromatic rings. The fraction of sp³-hybridized carbons (Fsp3) is 0.188. The van der Waals surface area contributed by atoms with Crippen molar-refractivity contribution in [3.05, 3.63) is 46.6 Å². The fourth-order valence-electron chi connectivity index (χ4n) is 2.30. The Morgan fingerprint density at radius 1 is 1.26 bits per heavy atom. The number of aromatic nitrogens is 3. The van der Waals surface area contributed by atoms with Gasteiger partial charge in [0.15, 0.2) is 10.8 Å². The summed E-state index contributed by atoms with van der Waals surface area (Å²) in [7, 11) is 0. The van der Waals surface area contributed by atoms with E-state index in [0.717, 1.165) is 22.3 Å². The van der Waals surface area contributed by atoms with Crippen LogP contribution in [0.4, 0.5) is 5.69 Å². The number of fused-ring (bicyclic) bond motifs is 1. The van der Waals surface area contributed by atoms with E-state index in [2.05, 4.69) is 26.3 Å². The zero-order chi connectivity index (χ0) is 16.4. The molecule has 0 bridgehead atoms. The van der Waals surface area contributed by atoms with Gasteiger partial charge in [-0.1, -0.05) is 29.4 Å². The Balaban J connectivity index is 1.63. The zero-order valence-electron chi connectivity index (χ0n) is 12.7. The topological polar surface area (TPSA) is 70.7 Å². The molecule has 2 N–H and O–H groups in total. The fourth-order valence-corrected chi connectivity index (χ4v) is 3.13. The van der Waals surface area contributed by atoms with E-state index >= 15 is 0 Å². The molecule has 0 radical (unpaired) electrons. The summed E-state index contributed by atoms with van der Waals surface area (Å²) in [6.07, 6.45) is 1.55. The van der Waals surface area contributed by atoms with Crippen LogP contribution in [0.25, 0.3) is 11.2 Å². The highest BCUT2D eigenvalue weighted by Crippen LogP contribution is 2.21. The number of pyridine rings is 1. The Labute approximate surface area is 142 Å². The average Bonchev–Trinajstić information content (AvgIpc) is 2.86. The third-order valence-electron chi connectivity index (χ3n) is 3.13. The molecule has 0 aliphatic heterocycles. The van der Waals surface area contributed by atoms with Crippen molar-refractivity contribution in [3.63, 3.8) is 0 Å². The number of carbonyl (C=O) groups excluding carboxylic acids is 1. The molecular formula is C16H15ClN4OS. The number of aryl methyl sites for hydroxylation is 2. The van der Waals surface area contributed by atoms with Crippen LogP contribution in [0.2, 0.25) is 5.02 Å². The van der Waals surface area contributed by atoms with Gasteiger partial charge in [0.2, 0.25) is 5.91 Å². The van der Waals surface area contributed by atoms with Gasteiger partial charge < -0.3 is 10.3 Å². The van der Waals surface area contributed by atoms with Crippen LogP contribution in [0.3, 0.4) is 0 Å². The number of benzene rings is 1. The SMILES string of the molecule is Cc1cc(C)cc(NC(=O)CSc2nc3ncc(Cl)cc3[nH]2)c1. The second-order valence-corrected chi connectivity index (χ2v) is 6.68. The van der Waals surface area contributed by atoms with Crippen molar-refractivity contribution >= 4 is 46.1 Å². The van der Waals surface area contributed by atoms with E-state index < -0.39 is 0 Å². The summed E-state index contributed by atoms with van der Waals surface area (Å²) in [6, 6.07) is 7.72. The van der Waals surface area contributed by atoms with E-state index in [1.54, 1.807) is 12.3 Å². The van der Waals surface area contributed by atoms with Crippen LogP contribution >= 0.6 is 23.4 Å². The van der Waals surface area contributed by atoms with Gasteiger partial charge in [-0.3, -0.25) is 4.79 Å². The normalized spacial score (nSPS) is 10.9. The number of aromatic amines is 1. The molecule has 0 fully saturated rings. The molecule has 118 valence electrons. The Kier molecular flexibility index (Phi) is 4.54. The number of carbonyl (C=O) groups is 1. The number of hydrogen-bond donors (Lipinski definition) is 2. The molecule has 0 atom stereocenters. The number of imidazole rings is 1. The van der Waals surface area contributed by atoms with Gasteiger partial charge in [-0.15, -0.1) is 0 Å². The standard InChI is InChI=1S/C16H15ClN4OS/c1-9-3-10(2)5-12(4-9)19-14(22)8-23-16-20-13-6-11(17)7-18-15(13)21-16/h3-7H,8H2,1-2H3,(H,19,22)(H,18,20,21). The maximum Gasteiger partial charge on any atom is 0.234 e. The molecule has 0 saturated carbocycles. The summed E-state index contributed by atoms with van der Waals surface area (Å²) < 4.78 is 0. The summed E-state index contributed by atoms with van der Waals surface area (Å²) in [5.41, 5.74) is 4.40. The zero-order valence-corrected chi connectivity index (χ0v) is 14.3. The smallest absolute Gasteiger partial charge is 0.234 e. The maximum atomic E-state index is 12.1. The number of amides is 1. The molecule has 7 heteroatoms. The van der Waals surface area contributed by atoms with Gasteiger partial charge in [-0.05, 0) is 43.2 Å². The first-order valence-corrected chi connectivity index (χ1v) is 8.38. The van der Waals surface area contributed by atoms with Crippen molar-refractivity contribution in [1.82, 2.24) is 15.0 Å². The van der Waals surface area contributed by atoms with Crippen LogP contribution < -0.4 is 5.32 Å². The number of nitrogens with one attached hydrogen (secondary N) is 2. The number of halogens is 1. The van der Waals surface area contributed by atoms with E-state index in [1.165, 1.54) is 11.8 Å². The molecule has 0 aliphatic rings. The molecule has 0 aliphatic carbocycles. The minimum Gasteiger partial charge on any atom is -0.331 e. The van der Waals surface area contributed by atoms with Gasteiger partial charge in [-0.25, -0.2) is 9.97 Å². The van der Waals surface area contributed by atoms with Crippen LogP contribution in [-0.4, -0.2) is 26.6 Å². The summed E-state index contributed by atoms with van der Waals surface area (Å²) in [4.78, 5) is 23.6. The summed E-state index contributed by atoms with van der Waals surface area (Å²) in [5.74, 6) is 0.187. The molecule has 23 heavy (non-hydrogen) atoms. The highest BCUT2D eigenvalue weighted by atomic mass is 35.5. The molecule has 2 aromatic heterocycles. The second-order valence-electron chi connectivity index (χ2n) is 5.28.